The lowest BCUT2D eigenvalue weighted by Gasteiger charge is -2.00. The number of ether oxygens (including phenoxy) is 1. The molecular formula is C10H8BrNO2. The molecule has 0 aliphatic carbocycles. The first-order valence-electron chi connectivity index (χ1n) is 4.06. The van der Waals surface area contributed by atoms with Crippen molar-refractivity contribution in [1.82, 2.24) is 4.98 Å². The number of nitrogens with one attached hydrogen (secondary N) is 1. The minimum Gasteiger partial charge on any atom is -0.497 e. The Bertz CT molecular complexity index is 490. The smallest absolute Gasteiger partial charge is 0.166 e. The summed E-state index contributed by atoms with van der Waals surface area (Å²) < 4.78 is 6.00. The molecule has 2 aromatic rings. The van der Waals surface area contributed by atoms with E-state index in [2.05, 4.69) is 20.9 Å². The van der Waals surface area contributed by atoms with E-state index < -0.39 is 0 Å². The third-order valence-electron chi connectivity index (χ3n) is 2.04. The van der Waals surface area contributed by atoms with E-state index in [0.717, 1.165) is 27.4 Å². The Morgan fingerprint density at radius 2 is 2.21 bits per heavy atom. The topological polar surface area (TPSA) is 42.1 Å². The second-order valence-electron chi connectivity index (χ2n) is 2.92. The molecule has 72 valence electrons. The van der Waals surface area contributed by atoms with Crippen LogP contribution in [0.4, 0.5) is 0 Å². The van der Waals surface area contributed by atoms with Crippen molar-refractivity contribution >= 4 is 33.1 Å². The zero-order chi connectivity index (χ0) is 10.1. The van der Waals surface area contributed by atoms with Crippen LogP contribution < -0.4 is 4.74 Å². The van der Waals surface area contributed by atoms with E-state index in [1.807, 2.05) is 12.1 Å². The summed E-state index contributed by atoms with van der Waals surface area (Å²) in [6.45, 7) is 0. The fourth-order valence-corrected chi connectivity index (χ4v) is 1.93. The van der Waals surface area contributed by atoms with Gasteiger partial charge in [0, 0.05) is 9.86 Å². The number of rotatable bonds is 2. The summed E-state index contributed by atoms with van der Waals surface area (Å²) in [4.78, 5) is 13.6. The Morgan fingerprint density at radius 3 is 2.86 bits per heavy atom. The van der Waals surface area contributed by atoms with Gasteiger partial charge >= 0.3 is 0 Å². The average molecular weight is 254 g/mol. The quantitative estimate of drug-likeness (QED) is 0.837. The van der Waals surface area contributed by atoms with Gasteiger partial charge in [-0.05, 0) is 34.1 Å². The molecule has 0 amide bonds. The lowest BCUT2D eigenvalue weighted by molar-refractivity contribution is 0.112. The number of aldehydes is 1. The van der Waals surface area contributed by atoms with E-state index >= 15 is 0 Å². The van der Waals surface area contributed by atoms with Crippen molar-refractivity contribution in [2.75, 3.05) is 7.11 Å². The van der Waals surface area contributed by atoms with Gasteiger partial charge in [-0.3, -0.25) is 4.79 Å². The molecule has 1 aromatic carbocycles. The number of carbonyl (C=O) groups excluding carboxylic acids is 1. The van der Waals surface area contributed by atoms with Crippen molar-refractivity contribution in [2.24, 2.45) is 0 Å². The standard InChI is InChI=1S/C10H8BrNO2/c1-14-8-3-6-2-7(5-13)12-10(6)9(11)4-8/h2-5,12H,1H3. The van der Waals surface area contributed by atoms with Crippen molar-refractivity contribution in [2.45, 2.75) is 0 Å². The molecule has 3 nitrogen and oxygen atoms in total. The van der Waals surface area contributed by atoms with Crippen molar-refractivity contribution in [1.29, 1.82) is 0 Å². The van der Waals surface area contributed by atoms with E-state index in [-0.39, 0.29) is 0 Å². The number of halogens is 1. The second kappa shape index (κ2) is 3.46. The molecule has 2 rings (SSSR count). The van der Waals surface area contributed by atoms with Crippen LogP contribution in [-0.2, 0) is 0 Å². The molecular weight excluding hydrogens is 246 g/mol. The van der Waals surface area contributed by atoms with Crippen LogP contribution in [0.1, 0.15) is 10.5 Å². The van der Waals surface area contributed by atoms with Crippen LogP contribution in [-0.4, -0.2) is 18.4 Å². The number of methoxy groups -OCH3 is 1. The lowest BCUT2D eigenvalue weighted by Crippen LogP contribution is -1.82. The van der Waals surface area contributed by atoms with Crippen LogP contribution in [0.5, 0.6) is 5.75 Å². The zero-order valence-electron chi connectivity index (χ0n) is 7.50. The summed E-state index contributed by atoms with van der Waals surface area (Å²) in [5.74, 6) is 0.765. The summed E-state index contributed by atoms with van der Waals surface area (Å²) in [6.07, 6.45) is 0.791. The molecule has 0 aliphatic rings. The summed E-state index contributed by atoms with van der Waals surface area (Å²) >= 11 is 3.40. The second-order valence-corrected chi connectivity index (χ2v) is 3.77. The van der Waals surface area contributed by atoms with Gasteiger partial charge in [-0.15, -0.1) is 0 Å². The first-order chi connectivity index (χ1) is 6.74. The number of aromatic amines is 1. The zero-order valence-corrected chi connectivity index (χ0v) is 9.09. The molecule has 1 N–H and O–H groups in total. The maximum Gasteiger partial charge on any atom is 0.166 e. The summed E-state index contributed by atoms with van der Waals surface area (Å²) in [5, 5.41) is 0.957. The van der Waals surface area contributed by atoms with E-state index in [0.29, 0.717) is 5.69 Å². The summed E-state index contributed by atoms with van der Waals surface area (Å²) in [6, 6.07) is 5.52. The number of carbonyl (C=O) groups is 1. The van der Waals surface area contributed by atoms with Crippen molar-refractivity contribution in [3.63, 3.8) is 0 Å². The van der Waals surface area contributed by atoms with Crippen LogP contribution in [0, 0.1) is 0 Å². The van der Waals surface area contributed by atoms with Crippen LogP contribution in [0.15, 0.2) is 22.7 Å². The molecule has 14 heavy (non-hydrogen) atoms. The molecule has 0 saturated carbocycles. The Hall–Kier alpha value is -1.29. The molecule has 1 aromatic heterocycles. The van der Waals surface area contributed by atoms with Gasteiger partial charge in [0.2, 0.25) is 0 Å². The third-order valence-corrected chi connectivity index (χ3v) is 2.66. The maximum absolute atomic E-state index is 10.6. The summed E-state index contributed by atoms with van der Waals surface area (Å²) in [5.41, 5.74) is 1.47. The van der Waals surface area contributed by atoms with E-state index in [1.54, 1.807) is 13.2 Å². The molecule has 4 heteroatoms. The van der Waals surface area contributed by atoms with Gasteiger partial charge in [-0.2, -0.15) is 0 Å². The highest BCUT2D eigenvalue weighted by atomic mass is 79.9. The van der Waals surface area contributed by atoms with Crippen LogP contribution >= 0.6 is 15.9 Å². The average Bonchev–Trinajstić information content (AvgIpc) is 2.61. The van der Waals surface area contributed by atoms with E-state index in [1.165, 1.54) is 0 Å². The fraction of sp³-hybridized carbons (Fsp3) is 0.100. The number of hydrogen-bond acceptors (Lipinski definition) is 2. The van der Waals surface area contributed by atoms with Crippen molar-refractivity contribution < 1.29 is 9.53 Å². The first kappa shape index (κ1) is 9.27. The molecule has 1 heterocycles. The molecule has 0 spiro atoms. The third kappa shape index (κ3) is 1.42. The van der Waals surface area contributed by atoms with Crippen molar-refractivity contribution in [3.8, 4) is 5.75 Å². The molecule has 0 fully saturated rings. The molecule has 0 radical (unpaired) electrons. The van der Waals surface area contributed by atoms with Gasteiger partial charge in [-0.1, -0.05) is 0 Å². The number of H-pyrrole nitrogens is 1. The highest BCUT2D eigenvalue weighted by Crippen LogP contribution is 2.29. The van der Waals surface area contributed by atoms with E-state index in [9.17, 15) is 4.79 Å². The van der Waals surface area contributed by atoms with Gasteiger partial charge in [0.1, 0.15) is 5.75 Å². The van der Waals surface area contributed by atoms with Gasteiger partial charge in [0.25, 0.3) is 0 Å². The fourth-order valence-electron chi connectivity index (χ4n) is 1.38. The monoisotopic (exact) mass is 253 g/mol. The highest BCUT2D eigenvalue weighted by Gasteiger charge is 2.05. The molecule has 0 bridgehead atoms. The predicted molar refractivity (Wildman–Crippen MR) is 57.9 cm³/mol. The largest absolute Gasteiger partial charge is 0.497 e. The van der Waals surface area contributed by atoms with Gasteiger partial charge in [-0.25, -0.2) is 0 Å². The minimum absolute atomic E-state index is 0.564. The van der Waals surface area contributed by atoms with Gasteiger partial charge < -0.3 is 9.72 Å². The molecule has 0 aliphatic heterocycles. The van der Waals surface area contributed by atoms with Gasteiger partial charge in [0.15, 0.2) is 6.29 Å². The Balaban J connectivity index is 2.73. The summed E-state index contributed by atoms with van der Waals surface area (Å²) in [7, 11) is 1.61. The van der Waals surface area contributed by atoms with Crippen LogP contribution in [0.25, 0.3) is 10.9 Å². The first-order valence-corrected chi connectivity index (χ1v) is 4.85. The van der Waals surface area contributed by atoms with Crippen LogP contribution in [0.3, 0.4) is 0 Å². The Labute approximate surface area is 89.2 Å². The molecule has 0 saturated heterocycles. The highest BCUT2D eigenvalue weighted by molar-refractivity contribution is 9.10. The number of benzene rings is 1. The number of aromatic nitrogens is 1. The molecule has 0 unspecified atom stereocenters. The SMILES string of the molecule is COc1cc(Br)c2[nH]c(C=O)cc2c1. The normalized spacial score (nSPS) is 10.4. The Kier molecular flexibility index (Phi) is 2.29. The number of hydrogen-bond donors (Lipinski definition) is 1. The Morgan fingerprint density at radius 1 is 1.43 bits per heavy atom. The van der Waals surface area contributed by atoms with E-state index in [4.69, 9.17) is 4.74 Å². The number of fused-ring (bicyclic) bond motifs is 1. The lowest BCUT2D eigenvalue weighted by atomic mass is 10.2. The molecule has 0 atom stereocenters. The minimum atomic E-state index is 0.564. The predicted octanol–water partition coefficient (Wildman–Crippen LogP) is 2.75. The van der Waals surface area contributed by atoms with Crippen LogP contribution in [0.2, 0.25) is 0 Å². The maximum atomic E-state index is 10.6. The van der Waals surface area contributed by atoms with Crippen molar-refractivity contribution in [3.05, 3.63) is 28.4 Å². The van der Waals surface area contributed by atoms with Gasteiger partial charge in [0.05, 0.1) is 18.3 Å².